The predicted octanol–water partition coefficient (Wildman–Crippen LogP) is 7.89. The minimum atomic E-state index is -0.259. The maximum atomic E-state index is 13.6. The van der Waals surface area contributed by atoms with Gasteiger partial charge < -0.3 is 10.7 Å². The molecule has 3 aliphatic rings. The number of nitrogen functional groups attached to an aromatic ring is 1. The number of nitrogens with two attached hydrogens (primary N) is 1. The van der Waals surface area contributed by atoms with Crippen LogP contribution in [0.3, 0.4) is 0 Å². The third-order valence-electron chi connectivity index (χ3n) is 9.23. The number of aromatic nitrogens is 4. The molecule has 0 atom stereocenters. The number of piperidine rings is 1. The zero-order chi connectivity index (χ0) is 28.6. The summed E-state index contributed by atoms with van der Waals surface area (Å²) in [5.41, 5.74) is 3.21. The molecule has 2 aliphatic carbocycles. The van der Waals surface area contributed by atoms with Gasteiger partial charge >= 0.3 is 0 Å². The third kappa shape index (κ3) is 7.55. The van der Waals surface area contributed by atoms with Gasteiger partial charge in [-0.2, -0.15) is 0 Å². The maximum Gasteiger partial charge on any atom is 0.131 e. The largest absolute Gasteiger partial charge is 0.378 e. The summed E-state index contributed by atoms with van der Waals surface area (Å²) < 4.78 is 15.4. The molecule has 1 saturated heterocycles. The first-order chi connectivity index (χ1) is 20.0. The molecule has 3 aromatic rings. The van der Waals surface area contributed by atoms with Crippen molar-refractivity contribution >= 4 is 0 Å². The molecule has 6 nitrogen and oxygen atoms in total. The molecule has 7 heteroatoms. The molecular formula is C34H47FN6. The molecule has 0 bridgehead atoms. The lowest BCUT2D eigenvalue weighted by Crippen LogP contribution is -2.23. The monoisotopic (exact) mass is 558 g/mol. The number of nitrogens with zero attached hydrogens (tertiary/aromatic N) is 5. The van der Waals surface area contributed by atoms with Crippen LogP contribution in [-0.2, 0) is 6.42 Å². The van der Waals surface area contributed by atoms with Crippen LogP contribution in [0.1, 0.15) is 102 Å². The van der Waals surface area contributed by atoms with Crippen LogP contribution in [0.15, 0.2) is 49.3 Å². The summed E-state index contributed by atoms with van der Waals surface area (Å²) in [5.74, 6) is 9.99. The van der Waals surface area contributed by atoms with Crippen molar-refractivity contribution in [2.75, 3.05) is 18.9 Å². The van der Waals surface area contributed by atoms with Gasteiger partial charge in [0.2, 0.25) is 0 Å². The normalized spacial score (nSPS) is 21.7. The lowest BCUT2D eigenvalue weighted by molar-refractivity contribution is 0.310. The number of rotatable bonds is 6. The minimum absolute atomic E-state index is 0.259. The van der Waals surface area contributed by atoms with Gasteiger partial charge in [-0.25, -0.2) is 24.0 Å². The van der Waals surface area contributed by atoms with Crippen molar-refractivity contribution in [3.63, 3.8) is 0 Å². The second-order valence-corrected chi connectivity index (χ2v) is 12.3. The average molecular weight is 559 g/mol. The fraction of sp³-hybridized carbons (Fsp3) is 0.559. The molecule has 0 radical (unpaired) electrons. The third-order valence-corrected chi connectivity index (χ3v) is 9.23. The van der Waals surface area contributed by atoms with Crippen molar-refractivity contribution in [2.45, 2.75) is 96.3 Å². The van der Waals surface area contributed by atoms with Crippen LogP contribution in [-0.4, -0.2) is 37.6 Å². The van der Waals surface area contributed by atoms with E-state index < -0.39 is 0 Å². The molecule has 0 amide bonds. The Bertz CT molecular complexity index is 1250. The number of benzene rings is 1. The van der Waals surface area contributed by atoms with Gasteiger partial charge in [-0.05, 0) is 80.5 Å². The van der Waals surface area contributed by atoms with E-state index in [9.17, 15) is 4.39 Å². The highest BCUT2D eigenvalue weighted by Crippen LogP contribution is 2.39. The molecule has 0 unspecified atom stereocenters. The number of hydrogen-bond donors (Lipinski definition) is 1. The number of hydrogen-bond acceptors (Lipinski definition) is 5. The van der Waals surface area contributed by atoms with Gasteiger partial charge in [0.05, 0.1) is 5.69 Å². The summed E-state index contributed by atoms with van der Waals surface area (Å²) in [4.78, 5) is 16.8. The van der Waals surface area contributed by atoms with Crippen molar-refractivity contribution in [1.29, 1.82) is 0 Å². The highest BCUT2D eigenvalue weighted by molar-refractivity contribution is 5.77. The molecule has 0 spiro atoms. The van der Waals surface area contributed by atoms with E-state index in [0.717, 1.165) is 59.5 Å². The Kier molecular flexibility index (Phi) is 10.1. The smallest absolute Gasteiger partial charge is 0.131 e. The summed E-state index contributed by atoms with van der Waals surface area (Å²) in [6, 6.07) is 8.43. The molecule has 41 heavy (non-hydrogen) atoms. The highest BCUT2D eigenvalue weighted by atomic mass is 19.1. The highest BCUT2D eigenvalue weighted by Gasteiger charge is 2.28. The van der Waals surface area contributed by atoms with E-state index in [1.165, 1.54) is 89.4 Å². The van der Waals surface area contributed by atoms with E-state index in [0.29, 0.717) is 11.8 Å². The lowest BCUT2D eigenvalue weighted by Gasteiger charge is -2.25. The first-order valence-corrected chi connectivity index (χ1v) is 15.8. The second-order valence-electron chi connectivity index (χ2n) is 12.3. The Balaban J connectivity index is 0.000000365. The van der Waals surface area contributed by atoms with E-state index in [1.54, 1.807) is 16.8 Å². The molecular weight excluding hydrogens is 511 g/mol. The Morgan fingerprint density at radius 1 is 0.902 bits per heavy atom. The SMILES string of the molecule is C=CN1CCCCC1.CC1CCC(c2nc(-c3ccc(F)cc3)c(-c3ccnc(CC4CCCCC4)n3)n2N)CC1. The topological polar surface area (TPSA) is 72.9 Å². The van der Waals surface area contributed by atoms with Gasteiger partial charge in [0, 0.05) is 37.2 Å². The van der Waals surface area contributed by atoms with Crippen LogP contribution in [0.4, 0.5) is 4.39 Å². The zero-order valence-corrected chi connectivity index (χ0v) is 24.8. The minimum Gasteiger partial charge on any atom is -0.378 e. The standard InChI is InChI=1S/C27H34FN5.C7H13N/c1-18-7-9-21(10-8-18)27-32-25(20-11-13-22(28)14-12-20)26(33(27)29)23-15-16-30-24(31-23)17-19-5-3-2-4-6-19;1-2-8-6-4-3-5-7-8/h11-16,18-19,21H,2-10,17,29H2,1H3;2H,1,3-7H2. The molecule has 6 rings (SSSR count). The summed E-state index contributed by atoms with van der Waals surface area (Å²) in [5, 5.41) is 0. The summed E-state index contributed by atoms with van der Waals surface area (Å²) in [6.07, 6.45) is 19.8. The Morgan fingerprint density at radius 2 is 1.59 bits per heavy atom. The number of halogens is 1. The van der Waals surface area contributed by atoms with E-state index in [1.807, 2.05) is 18.5 Å². The van der Waals surface area contributed by atoms with Crippen LogP contribution in [0.2, 0.25) is 0 Å². The van der Waals surface area contributed by atoms with Crippen LogP contribution in [0.5, 0.6) is 0 Å². The van der Waals surface area contributed by atoms with Gasteiger partial charge in [-0.3, -0.25) is 0 Å². The van der Waals surface area contributed by atoms with Gasteiger partial charge in [-0.15, -0.1) is 0 Å². The van der Waals surface area contributed by atoms with Crippen LogP contribution in [0, 0.1) is 17.7 Å². The van der Waals surface area contributed by atoms with Crippen molar-refractivity contribution in [3.05, 3.63) is 66.8 Å². The van der Waals surface area contributed by atoms with Gasteiger partial charge in [0.15, 0.2) is 0 Å². The van der Waals surface area contributed by atoms with Crippen LogP contribution >= 0.6 is 0 Å². The van der Waals surface area contributed by atoms with E-state index in [2.05, 4.69) is 23.4 Å². The van der Waals surface area contributed by atoms with Gasteiger partial charge in [-0.1, -0.05) is 58.4 Å². The summed E-state index contributed by atoms with van der Waals surface area (Å²) in [6.45, 7) is 8.48. The lowest BCUT2D eigenvalue weighted by atomic mass is 9.82. The number of imidazole rings is 1. The predicted molar refractivity (Wildman–Crippen MR) is 165 cm³/mol. The Hall–Kier alpha value is -3.22. The van der Waals surface area contributed by atoms with Crippen molar-refractivity contribution in [1.82, 2.24) is 24.5 Å². The van der Waals surface area contributed by atoms with Crippen molar-refractivity contribution in [2.24, 2.45) is 11.8 Å². The molecule has 220 valence electrons. The number of likely N-dealkylation sites (tertiary alicyclic amines) is 1. The average Bonchev–Trinajstić information content (AvgIpc) is 3.36. The molecule has 1 aliphatic heterocycles. The molecule has 3 heterocycles. The van der Waals surface area contributed by atoms with E-state index in [-0.39, 0.29) is 5.82 Å². The van der Waals surface area contributed by atoms with E-state index >= 15 is 0 Å². The molecule has 1 aromatic carbocycles. The first kappa shape index (κ1) is 29.3. The van der Waals surface area contributed by atoms with Gasteiger partial charge in [0.1, 0.15) is 28.9 Å². The molecule has 2 N–H and O–H groups in total. The zero-order valence-electron chi connectivity index (χ0n) is 24.8. The molecule has 2 saturated carbocycles. The molecule has 3 fully saturated rings. The van der Waals surface area contributed by atoms with Gasteiger partial charge in [0.25, 0.3) is 0 Å². The molecule has 2 aromatic heterocycles. The van der Waals surface area contributed by atoms with Crippen LogP contribution in [0.25, 0.3) is 22.6 Å². The maximum absolute atomic E-state index is 13.6. The van der Waals surface area contributed by atoms with Crippen molar-refractivity contribution < 1.29 is 4.39 Å². The Labute approximate surface area is 245 Å². The van der Waals surface area contributed by atoms with Crippen molar-refractivity contribution in [3.8, 4) is 22.6 Å². The second kappa shape index (κ2) is 14.1. The van der Waals surface area contributed by atoms with E-state index in [4.69, 9.17) is 15.8 Å². The first-order valence-electron chi connectivity index (χ1n) is 15.8. The summed E-state index contributed by atoms with van der Waals surface area (Å²) >= 11 is 0. The fourth-order valence-corrected chi connectivity index (χ4v) is 6.69. The Morgan fingerprint density at radius 3 is 2.24 bits per heavy atom. The van der Waals surface area contributed by atoms with Crippen LogP contribution < -0.4 is 5.84 Å². The quantitative estimate of drug-likeness (QED) is 0.311. The summed E-state index contributed by atoms with van der Waals surface area (Å²) in [7, 11) is 0. The fourth-order valence-electron chi connectivity index (χ4n) is 6.69.